The molecule has 0 heterocycles. The van der Waals surface area contributed by atoms with E-state index in [0.717, 1.165) is 6.07 Å². The molecule has 0 saturated carbocycles. The summed E-state index contributed by atoms with van der Waals surface area (Å²) in [4.78, 5) is 11.6. The molecular weight excluding hydrogens is 282 g/mol. The number of ketones is 1. The minimum atomic E-state index is -1.03. The lowest BCUT2D eigenvalue weighted by atomic mass is 10.1. The summed E-state index contributed by atoms with van der Waals surface area (Å²) in [5.41, 5.74) is 0.162. The van der Waals surface area contributed by atoms with Gasteiger partial charge < -0.3 is 4.74 Å². The number of carbonyl (C=O) groups is 1. The van der Waals surface area contributed by atoms with Gasteiger partial charge in [0, 0.05) is 25.7 Å². The van der Waals surface area contributed by atoms with Gasteiger partial charge >= 0.3 is 0 Å². The van der Waals surface area contributed by atoms with Crippen LogP contribution in [0, 0.1) is 11.6 Å². The van der Waals surface area contributed by atoms with Crippen LogP contribution in [0.1, 0.15) is 23.2 Å². The largest absolute Gasteiger partial charge is 0.385 e. The molecule has 0 saturated heterocycles. The standard InChI is InChI=1S/C11H11BrF2O2/c1-16-6-2-3-9(15)7-4-5-8(13)11(14)10(7)12/h4-5H,2-3,6H2,1H3. The Kier molecular flexibility index (Phi) is 5.02. The molecule has 0 atom stereocenters. The Hall–Kier alpha value is -0.810. The highest BCUT2D eigenvalue weighted by atomic mass is 79.9. The monoisotopic (exact) mass is 292 g/mol. The molecular formula is C11H11BrF2O2. The summed E-state index contributed by atoms with van der Waals surface area (Å²) in [6.07, 6.45) is 0.804. The molecule has 16 heavy (non-hydrogen) atoms. The zero-order chi connectivity index (χ0) is 12.1. The van der Waals surface area contributed by atoms with E-state index < -0.39 is 11.6 Å². The van der Waals surface area contributed by atoms with Gasteiger partial charge in [-0.15, -0.1) is 0 Å². The molecule has 0 aliphatic rings. The van der Waals surface area contributed by atoms with Crippen molar-refractivity contribution in [1.82, 2.24) is 0 Å². The summed E-state index contributed by atoms with van der Waals surface area (Å²) >= 11 is 2.87. The minimum Gasteiger partial charge on any atom is -0.385 e. The van der Waals surface area contributed by atoms with Crippen LogP contribution in [0.5, 0.6) is 0 Å². The van der Waals surface area contributed by atoms with Gasteiger partial charge in [-0.05, 0) is 34.5 Å². The third kappa shape index (κ3) is 3.09. The van der Waals surface area contributed by atoms with Crippen LogP contribution < -0.4 is 0 Å². The number of hydrogen-bond donors (Lipinski definition) is 0. The quantitative estimate of drug-likeness (QED) is 0.473. The molecule has 0 aromatic heterocycles. The number of methoxy groups -OCH3 is 1. The highest BCUT2D eigenvalue weighted by molar-refractivity contribution is 9.10. The van der Waals surface area contributed by atoms with Crippen LogP contribution in [0.2, 0.25) is 0 Å². The Morgan fingerprint density at radius 1 is 1.44 bits per heavy atom. The van der Waals surface area contributed by atoms with Crippen molar-refractivity contribution >= 4 is 21.7 Å². The van der Waals surface area contributed by atoms with Crippen molar-refractivity contribution in [3.63, 3.8) is 0 Å². The maximum Gasteiger partial charge on any atom is 0.173 e. The van der Waals surface area contributed by atoms with Crippen LogP contribution in [0.3, 0.4) is 0 Å². The molecule has 0 aliphatic heterocycles. The van der Waals surface area contributed by atoms with Crippen LogP contribution >= 0.6 is 15.9 Å². The van der Waals surface area contributed by atoms with Crippen molar-refractivity contribution in [3.05, 3.63) is 33.8 Å². The number of Topliss-reactive ketones (excluding diaryl/α,β-unsaturated/α-hetero) is 1. The van der Waals surface area contributed by atoms with Gasteiger partial charge in [0.1, 0.15) is 0 Å². The zero-order valence-corrected chi connectivity index (χ0v) is 10.3. The summed E-state index contributed by atoms with van der Waals surface area (Å²) in [6.45, 7) is 0.465. The number of ether oxygens (including phenoxy) is 1. The van der Waals surface area contributed by atoms with E-state index in [1.165, 1.54) is 13.2 Å². The molecule has 0 amide bonds. The Balaban J connectivity index is 2.80. The van der Waals surface area contributed by atoms with Gasteiger partial charge in [0.2, 0.25) is 0 Å². The summed E-state index contributed by atoms with van der Waals surface area (Å²) in [7, 11) is 1.54. The first-order chi connectivity index (χ1) is 7.57. The van der Waals surface area contributed by atoms with Gasteiger partial charge in [-0.25, -0.2) is 8.78 Å². The number of benzene rings is 1. The van der Waals surface area contributed by atoms with Gasteiger partial charge in [-0.3, -0.25) is 4.79 Å². The number of carbonyl (C=O) groups excluding carboxylic acids is 1. The molecule has 0 bridgehead atoms. The maximum absolute atomic E-state index is 13.1. The second-order valence-electron chi connectivity index (χ2n) is 3.24. The van der Waals surface area contributed by atoms with Crippen LogP contribution in [-0.2, 0) is 4.74 Å². The molecule has 0 N–H and O–H groups in total. The number of hydrogen-bond acceptors (Lipinski definition) is 2. The maximum atomic E-state index is 13.1. The fourth-order valence-corrected chi connectivity index (χ4v) is 1.80. The van der Waals surface area contributed by atoms with Crippen LogP contribution in [-0.4, -0.2) is 19.5 Å². The SMILES string of the molecule is COCCCC(=O)c1ccc(F)c(F)c1Br. The fourth-order valence-electron chi connectivity index (χ4n) is 1.25. The lowest BCUT2D eigenvalue weighted by molar-refractivity contribution is 0.0962. The summed E-state index contributed by atoms with van der Waals surface area (Å²) in [5.74, 6) is -2.24. The first-order valence-corrected chi connectivity index (χ1v) is 5.53. The van der Waals surface area contributed by atoms with E-state index in [9.17, 15) is 13.6 Å². The van der Waals surface area contributed by atoms with E-state index in [1.807, 2.05) is 0 Å². The van der Waals surface area contributed by atoms with Crippen molar-refractivity contribution in [2.75, 3.05) is 13.7 Å². The highest BCUT2D eigenvalue weighted by Crippen LogP contribution is 2.24. The average molecular weight is 293 g/mol. The van der Waals surface area contributed by atoms with E-state index in [0.29, 0.717) is 13.0 Å². The Morgan fingerprint density at radius 3 is 2.75 bits per heavy atom. The molecule has 0 fully saturated rings. The Bertz CT molecular complexity index is 394. The molecule has 1 rings (SSSR count). The molecule has 0 radical (unpaired) electrons. The normalized spacial score (nSPS) is 10.5. The minimum absolute atomic E-state index is 0.116. The van der Waals surface area contributed by atoms with Crippen molar-refractivity contribution in [3.8, 4) is 0 Å². The fraction of sp³-hybridized carbons (Fsp3) is 0.364. The zero-order valence-electron chi connectivity index (χ0n) is 8.73. The van der Waals surface area contributed by atoms with Crippen molar-refractivity contribution in [2.24, 2.45) is 0 Å². The number of halogens is 3. The summed E-state index contributed by atoms with van der Waals surface area (Å²) < 4.78 is 30.6. The molecule has 1 aromatic carbocycles. The van der Waals surface area contributed by atoms with Crippen molar-refractivity contribution in [2.45, 2.75) is 12.8 Å². The third-order valence-electron chi connectivity index (χ3n) is 2.09. The van der Waals surface area contributed by atoms with Crippen molar-refractivity contribution in [1.29, 1.82) is 0 Å². The summed E-state index contributed by atoms with van der Waals surface area (Å²) in [5, 5.41) is 0. The molecule has 0 unspecified atom stereocenters. The van der Waals surface area contributed by atoms with Crippen LogP contribution in [0.15, 0.2) is 16.6 Å². The van der Waals surface area contributed by atoms with E-state index in [1.54, 1.807) is 0 Å². The molecule has 0 spiro atoms. The second-order valence-corrected chi connectivity index (χ2v) is 4.04. The van der Waals surface area contributed by atoms with Gasteiger partial charge in [0.25, 0.3) is 0 Å². The molecule has 5 heteroatoms. The molecule has 0 aliphatic carbocycles. The predicted molar refractivity (Wildman–Crippen MR) is 59.5 cm³/mol. The lowest BCUT2D eigenvalue weighted by Crippen LogP contribution is -2.04. The van der Waals surface area contributed by atoms with Gasteiger partial charge in [-0.2, -0.15) is 0 Å². The number of rotatable bonds is 5. The molecule has 88 valence electrons. The predicted octanol–water partition coefficient (Wildman–Crippen LogP) is 3.34. The van der Waals surface area contributed by atoms with E-state index in [-0.39, 0.29) is 22.2 Å². The summed E-state index contributed by atoms with van der Waals surface area (Å²) in [6, 6.07) is 2.22. The first kappa shape index (κ1) is 13.3. The van der Waals surface area contributed by atoms with E-state index >= 15 is 0 Å². The van der Waals surface area contributed by atoms with Crippen LogP contribution in [0.4, 0.5) is 8.78 Å². The van der Waals surface area contributed by atoms with Gasteiger partial charge in [-0.1, -0.05) is 0 Å². The smallest absolute Gasteiger partial charge is 0.173 e. The topological polar surface area (TPSA) is 26.3 Å². The van der Waals surface area contributed by atoms with E-state index in [4.69, 9.17) is 4.74 Å². The van der Waals surface area contributed by atoms with Gasteiger partial charge in [0.05, 0.1) is 4.47 Å². The average Bonchev–Trinajstić information content (AvgIpc) is 2.26. The lowest BCUT2D eigenvalue weighted by Gasteiger charge is -2.05. The molecule has 1 aromatic rings. The van der Waals surface area contributed by atoms with Gasteiger partial charge in [0.15, 0.2) is 17.4 Å². The third-order valence-corrected chi connectivity index (χ3v) is 2.86. The van der Waals surface area contributed by atoms with Crippen molar-refractivity contribution < 1.29 is 18.3 Å². The Labute approximate surface area is 101 Å². The Morgan fingerprint density at radius 2 is 2.12 bits per heavy atom. The highest BCUT2D eigenvalue weighted by Gasteiger charge is 2.16. The first-order valence-electron chi connectivity index (χ1n) is 4.73. The van der Waals surface area contributed by atoms with Crippen LogP contribution in [0.25, 0.3) is 0 Å². The second kappa shape index (κ2) is 6.06. The molecule has 2 nitrogen and oxygen atoms in total. The van der Waals surface area contributed by atoms with E-state index in [2.05, 4.69) is 15.9 Å².